The molecule has 4 heteroatoms. The van der Waals surface area contributed by atoms with E-state index in [1.807, 2.05) is 0 Å². The third-order valence-electron chi connectivity index (χ3n) is 4.73. The number of hydrogen-bond donors (Lipinski definition) is 1. The normalized spacial score (nSPS) is 37.1. The predicted molar refractivity (Wildman–Crippen MR) is 75.3 cm³/mol. The lowest BCUT2D eigenvalue weighted by molar-refractivity contribution is -0.0393. The number of nitrogens with zero attached hydrogens (tertiary/aromatic N) is 1. The van der Waals surface area contributed by atoms with Crippen molar-refractivity contribution in [2.24, 2.45) is 5.92 Å². The van der Waals surface area contributed by atoms with E-state index in [4.69, 9.17) is 9.47 Å². The molecule has 0 aromatic rings. The lowest BCUT2D eigenvalue weighted by Crippen LogP contribution is -2.51. The highest BCUT2D eigenvalue weighted by atomic mass is 16.5. The van der Waals surface area contributed by atoms with Gasteiger partial charge in [-0.1, -0.05) is 0 Å². The van der Waals surface area contributed by atoms with Crippen LogP contribution in [0.5, 0.6) is 0 Å². The fourth-order valence-electron chi connectivity index (χ4n) is 3.34. The molecule has 3 rings (SSSR count). The van der Waals surface area contributed by atoms with E-state index < -0.39 is 0 Å². The van der Waals surface area contributed by atoms with Gasteiger partial charge in [-0.05, 0) is 39.0 Å². The van der Waals surface area contributed by atoms with Gasteiger partial charge in [0.1, 0.15) is 0 Å². The first kappa shape index (κ1) is 13.8. The molecule has 0 aromatic carbocycles. The molecule has 3 fully saturated rings. The maximum absolute atomic E-state index is 5.88. The van der Waals surface area contributed by atoms with E-state index in [1.54, 1.807) is 0 Å². The van der Waals surface area contributed by atoms with Crippen molar-refractivity contribution in [1.29, 1.82) is 0 Å². The molecule has 0 radical (unpaired) electrons. The van der Waals surface area contributed by atoms with Gasteiger partial charge in [-0.15, -0.1) is 0 Å². The van der Waals surface area contributed by atoms with Crippen molar-refractivity contribution in [3.8, 4) is 0 Å². The smallest absolute Gasteiger partial charge is 0.0826 e. The Morgan fingerprint density at radius 1 is 1.16 bits per heavy atom. The number of ether oxygens (including phenoxy) is 2. The second kappa shape index (κ2) is 6.08. The standard InChI is InChI=1S/C15H28N2O2/c1-11(2)17-6-8-18-13(10-17)9-16-14-5-7-19-15(14)12-3-4-12/h11-16H,3-10H2,1-2H3. The molecule has 1 aliphatic carbocycles. The van der Waals surface area contributed by atoms with E-state index in [0.29, 0.717) is 24.3 Å². The van der Waals surface area contributed by atoms with Gasteiger partial charge < -0.3 is 14.8 Å². The van der Waals surface area contributed by atoms with Crippen molar-refractivity contribution in [3.05, 3.63) is 0 Å². The Labute approximate surface area is 116 Å². The van der Waals surface area contributed by atoms with Crippen LogP contribution in [0.25, 0.3) is 0 Å². The van der Waals surface area contributed by atoms with Gasteiger partial charge >= 0.3 is 0 Å². The molecule has 1 N–H and O–H groups in total. The molecule has 4 nitrogen and oxygen atoms in total. The van der Waals surface area contributed by atoms with Gasteiger partial charge in [0, 0.05) is 38.3 Å². The maximum atomic E-state index is 5.88. The van der Waals surface area contributed by atoms with Crippen LogP contribution in [0, 0.1) is 5.92 Å². The summed E-state index contributed by atoms with van der Waals surface area (Å²) in [7, 11) is 0. The second-order valence-electron chi connectivity index (χ2n) is 6.56. The van der Waals surface area contributed by atoms with Crippen molar-refractivity contribution in [2.45, 2.75) is 57.4 Å². The lowest BCUT2D eigenvalue weighted by atomic mass is 10.1. The summed E-state index contributed by atoms with van der Waals surface area (Å²) in [6, 6.07) is 1.19. The van der Waals surface area contributed by atoms with Gasteiger partial charge in [0.2, 0.25) is 0 Å². The summed E-state index contributed by atoms with van der Waals surface area (Å²) in [6.07, 6.45) is 4.72. The van der Waals surface area contributed by atoms with Crippen LogP contribution in [0.3, 0.4) is 0 Å². The summed E-state index contributed by atoms with van der Waals surface area (Å²) in [5, 5.41) is 3.71. The van der Waals surface area contributed by atoms with Crippen LogP contribution in [0.4, 0.5) is 0 Å². The molecular weight excluding hydrogens is 240 g/mol. The zero-order chi connectivity index (χ0) is 13.2. The highest BCUT2D eigenvalue weighted by Crippen LogP contribution is 2.38. The second-order valence-corrected chi connectivity index (χ2v) is 6.56. The van der Waals surface area contributed by atoms with E-state index in [-0.39, 0.29) is 0 Å². The van der Waals surface area contributed by atoms with E-state index in [0.717, 1.165) is 38.8 Å². The van der Waals surface area contributed by atoms with Gasteiger partial charge in [-0.3, -0.25) is 4.90 Å². The molecule has 2 saturated heterocycles. The van der Waals surface area contributed by atoms with Crippen molar-refractivity contribution >= 4 is 0 Å². The first-order valence-electron chi connectivity index (χ1n) is 7.94. The molecule has 0 amide bonds. The molecule has 0 aromatic heterocycles. The molecule has 2 aliphatic heterocycles. The third kappa shape index (κ3) is 3.48. The molecule has 0 bridgehead atoms. The Bertz CT molecular complexity index is 294. The monoisotopic (exact) mass is 268 g/mol. The highest BCUT2D eigenvalue weighted by molar-refractivity contribution is 4.94. The van der Waals surface area contributed by atoms with Crippen LogP contribution < -0.4 is 5.32 Å². The van der Waals surface area contributed by atoms with Gasteiger partial charge in [0.15, 0.2) is 0 Å². The minimum atomic E-state index is 0.344. The third-order valence-corrected chi connectivity index (χ3v) is 4.73. The van der Waals surface area contributed by atoms with Gasteiger partial charge in [-0.25, -0.2) is 0 Å². The van der Waals surface area contributed by atoms with Gasteiger partial charge in [0.05, 0.1) is 18.8 Å². The molecule has 3 unspecified atom stereocenters. The van der Waals surface area contributed by atoms with Crippen LogP contribution in [0.1, 0.15) is 33.1 Å². The number of nitrogens with one attached hydrogen (secondary N) is 1. The van der Waals surface area contributed by atoms with Gasteiger partial charge in [0.25, 0.3) is 0 Å². The summed E-state index contributed by atoms with van der Waals surface area (Å²) in [4.78, 5) is 2.51. The first-order chi connectivity index (χ1) is 9.24. The van der Waals surface area contributed by atoms with Crippen LogP contribution in [-0.2, 0) is 9.47 Å². The molecular formula is C15H28N2O2. The Morgan fingerprint density at radius 2 is 2.00 bits per heavy atom. The van der Waals surface area contributed by atoms with Crippen molar-refractivity contribution < 1.29 is 9.47 Å². The minimum Gasteiger partial charge on any atom is -0.376 e. The Kier molecular flexibility index (Phi) is 4.42. The molecule has 2 heterocycles. The lowest BCUT2D eigenvalue weighted by Gasteiger charge is -2.36. The molecule has 19 heavy (non-hydrogen) atoms. The Hall–Kier alpha value is -0.160. The molecule has 0 spiro atoms. The summed E-state index contributed by atoms with van der Waals surface area (Å²) < 4.78 is 11.8. The number of rotatable bonds is 5. The minimum absolute atomic E-state index is 0.344. The summed E-state index contributed by atoms with van der Waals surface area (Å²) in [6.45, 7) is 9.45. The largest absolute Gasteiger partial charge is 0.376 e. The SMILES string of the molecule is CC(C)N1CCOC(CNC2CCOC2C2CC2)C1. The van der Waals surface area contributed by atoms with Crippen LogP contribution in [0.15, 0.2) is 0 Å². The molecule has 1 saturated carbocycles. The van der Waals surface area contributed by atoms with Gasteiger partial charge in [-0.2, -0.15) is 0 Å². The highest BCUT2D eigenvalue weighted by Gasteiger charge is 2.40. The maximum Gasteiger partial charge on any atom is 0.0826 e. The summed E-state index contributed by atoms with van der Waals surface area (Å²) in [5.41, 5.74) is 0. The van der Waals surface area contributed by atoms with E-state index in [9.17, 15) is 0 Å². The topological polar surface area (TPSA) is 33.7 Å². The van der Waals surface area contributed by atoms with Crippen LogP contribution in [-0.4, -0.2) is 62.0 Å². The zero-order valence-electron chi connectivity index (χ0n) is 12.3. The molecule has 3 aliphatic rings. The predicted octanol–water partition coefficient (Wildman–Crippen LogP) is 1.25. The van der Waals surface area contributed by atoms with Crippen molar-refractivity contribution in [1.82, 2.24) is 10.2 Å². The fraction of sp³-hybridized carbons (Fsp3) is 1.00. The van der Waals surface area contributed by atoms with Crippen LogP contribution >= 0.6 is 0 Å². The Balaban J connectivity index is 1.43. The first-order valence-corrected chi connectivity index (χ1v) is 7.94. The van der Waals surface area contributed by atoms with E-state index in [1.165, 1.54) is 19.3 Å². The van der Waals surface area contributed by atoms with Crippen molar-refractivity contribution in [2.75, 3.05) is 32.8 Å². The molecule has 110 valence electrons. The fourth-order valence-corrected chi connectivity index (χ4v) is 3.34. The number of hydrogen-bond acceptors (Lipinski definition) is 4. The average Bonchev–Trinajstić information content (AvgIpc) is 3.16. The molecule has 3 atom stereocenters. The number of morpholine rings is 1. The van der Waals surface area contributed by atoms with E-state index in [2.05, 4.69) is 24.1 Å². The summed E-state index contributed by atoms with van der Waals surface area (Å²) >= 11 is 0. The van der Waals surface area contributed by atoms with E-state index >= 15 is 0 Å². The zero-order valence-corrected chi connectivity index (χ0v) is 12.3. The quantitative estimate of drug-likeness (QED) is 0.814. The Morgan fingerprint density at radius 3 is 2.74 bits per heavy atom. The van der Waals surface area contributed by atoms with Crippen LogP contribution in [0.2, 0.25) is 0 Å². The van der Waals surface area contributed by atoms with Crippen molar-refractivity contribution in [3.63, 3.8) is 0 Å². The average molecular weight is 268 g/mol. The summed E-state index contributed by atoms with van der Waals surface area (Å²) in [5.74, 6) is 0.833.